The first-order chi connectivity index (χ1) is 15.2. The third kappa shape index (κ3) is 4.83. The molecule has 2 aliphatic rings. The molecule has 1 aromatic carbocycles. The Morgan fingerprint density at radius 2 is 2.16 bits per heavy atom. The summed E-state index contributed by atoms with van der Waals surface area (Å²) in [7, 11) is 0. The molecule has 2 aliphatic heterocycles. The van der Waals surface area contributed by atoms with Crippen LogP contribution in [0.3, 0.4) is 0 Å². The van der Waals surface area contributed by atoms with Crippen LogP contribution in [0.25, 0.3) is 0 Å². The lowest BCUT2D eigenvalue weighted by atomic mass is 9.96. The molecule has 0 spiro atoms. The fourth-order valence-corrected chi connectivity index (χ4v) is 5.72. The number of non-ortho nitro benzene ring substituents is 1. The van der Waals surface area contributed by atoms with Gasteiger partial charge in [-0.3, -0.25) is 24.5 Å². The number of β-lactam (4-membered cyclic amide) rings is 1. The Morgan fingerprint density at radius 1 is 1.41 bits per heavy atom. The first kappa shape index (κ1) is 23.9. The third-order valence-corrected chi connectivity index (χ3v) is 7.55. The van der Waals surface area contributed by atoms with Crippen molar-refractivity contribution in [2.45, 2.75) is 36.7 Å². The van der Waals surface area contributed by atoms with Crippen LogP contribution in [0.2, 0.25) is 0 Å². The minimum Gasteiger partial charge on any atom is -0.479 e. The third-order valence-electron chi connectivity index (χ3n) is 5.17. The van der Waals surface area contributed by atoms with Crippen molar-refractivity contribution in [1.82, 2.24) is 15.5 Å². The maximum absolute atomic E-state index is 12.6. The Kier molecular flexibility index (Phi) is 7.29. The van der Waals surface area contributed by atoms with Crippen LogP contribution in [0.5, 0.6) is 0 Å². The summed E-state index contributed by atoms with van der Waals surface area (Å²) in [6.45, 7) is 1.78. The SMILES string of the molecule is CCCCSC(=O)NC1(C(=O)O)CS[C@@H]2C(NC(=O)c3cccc([N+](=O)[O-])c3)C(=O)N2C1. The summed E-state index contributed by atoms with van der Waals surface area (Å²) in [6, 6.07) is 4.27. The van der Waals surface area contributed by atoms with E-state index in [1.165, 1.54) is 23.1 Å². The van der Waals surface area contributed by atoms with Gasteiger partial charge in [0, 0.05) is 29.2 Å². The Morgan fingerprint density at radius 3 is 2.81 bits per heavy atom. The van der Waals surface area contributed by atoms with Gasteiger partial charge in [-0.25, -0.2) is 4.79 Å². The normalized spacial score (nSPS) is 24.2. The van der Waals surface area contributed by atoms with E-state index in [1.54, 1.807) is 0 Å². The van der Waals surface area contributed by atoms with Crippen LogP contribution >= 0.6 is 23.5 Å². The minimum atomic E-state index is -1.61. The standard InChI is InChI=1S/C19H22N4O7S2/c1-2-3-7-31-18(28)21-19(17(26)27)9-22-15(25)13(16(22)32-10-19)20-14(24)11-5-4-6-12(8-11)23(29)30/h4-6,8,13,16H,2-3,7,9-10H2,1H3,(H,20,24)(H,21,28)(H,26,27)/t13?,16-,19?/m1/s1. The maximum atomic E-state index is 12.6. The van der Waals surface area contributed by atoms with Gasteiger partial charge < -0.3 is 20.6 Å². The summed E-state index contributed by atoms with van der Waals surface area (Å²) in [6.07, 6.45) is 1.74. The van der Waals surface area contributed by atoms with Gasteiger partial charge in [-0.05, 0) is 12.5 Å². The maximum Gasteiger partial charge on any atom is 0.332 e. The number of fused-ring (bicyclic) bond motifs is 1. The van der Waals surface area contributed by atoms with Gasteiger partial charge >= 0.3 is 5.97 Å². The van der Waals surface area contributed by atoms with Crippen LogP contribution in [0.4, 0.5) is 10.5 Å². The number of carbonyl (C=O) groups is 4. The molecule has 1 aromatic rings. The van der Waals surface area contributed by atoms with Gasteiger partial charge in [-0.2, -0.15) is 0 Å². The Labute approximate surface area is 191 Å². The summed E-state index contributed by atoms with van der Waals surface area (Å²) < 4.78 is 0. The second-order valence-electron chi connectivity index (χ2n) is 7.43. The summed E-state index contributed by atoms with van der Waals surface area (Å²) in [5.41, 5.74) is -1.81. The fraction of sp³-hybridized carbons (Fsp3) is 0.474. The number of hydrogen-bond acceptors (Lipinski definition) is 8. The predicted octanol–water partition coefficient (Wildman–Crippen LogP) is 1.67. The second-order valence-corrected chi connectivity index (χ2v) is 9.60. The lowest BCUT2D eigenvalue weighted by Gasteiger charge is -2.53. The van der Waals surface area contributed by atoms with Gasteiger partial charge in [-0.1, -0.05) is 31.2 Å². The Balaban J connectivity index is 1.64. The van der Waals surface area contributed by atoms with Crippen LogP contribution < -0.4 is 10.6 Å². The molecule has 0 bridgehead atoms. The number of nitrogens with one attached hydrogen (secondary N) is 2. The van der Waals surface area contributed by atoms with Crippen molar-refractivity contribution in [1.29, 1.82) is 0 Å². The van der Waals surface area contributed by atoms with E-state index in [4.69, 9.17) is 0 Å². The van der Waals surface area contributed by atoms with Crippen molar-refractivity contribution in [3.05, 3.63) is 39.9 Å². The smallest absolute Gasteiger partial charge is 0.332 e. The number of carbonyl (C=O) groups excluding carboxylic acids is 3. The van der Waals surface area contributed by atoms with E-state index in [0.29, 0.717) is 5.75 Å². The fourth-order valence-electron chi connectivity index (χ4n) is 3.36. The van der Waals surface area contributed by atoms with Crippen molar-refractivity contribution < 1.29 is 29.2 Å². The molecule has 3 atom stereocenters. The predicted molar refractivity (Wildman–Crippen MR) is 119 cm³/mol. The molecule has 172 valence electrons. The molecule has 2 fully saturated rings. The molecular formula is C19H22N4O7S2. The van der Waals surface area contributed by atoms with E-state index >= 15 is 0 Å². The highest BCUT2D eigenvalue weighted by Gasteiger charge is 2.58. The molecule has 13 heteroatoms. The minimum absolute atomic E-state index is 0.0278. The van der Waals surface area contributed by atoms with E-state index in [-0.39, 0.29) is 23.5 Å². The Bertz CT molecular complexity index is 959. The molecule has 0 aliphatic carbocycles. The molecular weight excluding hydrogens is 460 g/mol. The number of rotatable bonds is 8. The number of carboxylic acids is 1. The van der Waals surface area contributed by atoms with E-state index in [0.717, 1.165) is 42.4 Å². The summed E-state index contributed by atoms with van der Waals surface area (Å²) in [4.78, 5) is 60.9. The zero-order valence-electron chi connectivity index (χ0n) is 17.1. The number of unbranched alkanes of at least 4 members (excludes halogenated alkanes) is 1. The lowest BCUT2D eigenvalue weighted by Crippen LogP contribution is -2.77. The molecule has 2 heterocycles. The number of benzene rings is 1. The molecule has 2 unspecified atom stereocenters. The first-order valence-electron chi connectivity index (χ1n) is 9.84. The largest absolute Gasteiger partial charge is 0.479 e. The van der Waals surface area contributed by atoms with E-state index in [2.05, 4.69) is 10.6 Å². The molecule has 32 heavy (non-hydrogen) atoms. The van der Waals surface area contributed by atoms with Crippen LogP contribution in [0.15, 0.2) is 24.3 Å². The highest BCUT2D eigenvalue weighted by atomic mass is 32.2. The summed E-state index contributed by atoms with van der Waals surface area (Å²) in [5.74, 6) is -1.74. The number of thioether (sulfide) groups is 2. The number of amides is 3. The number of aliphatic carboxylic acids is 1. The molecule has 3 rings (SSSR count). The number of nitro groups is 1. The topological polar surface area (TPSA) is 159 Å². The van der Waals surface area contributed by atoms with E-state index in [9.17, 15) is 34.4 Å². The van der Waals surface area contributed by atoms with Crippen LogP contribution in [-0.4, -0.2) is 73.0 Å². The highest BCUT2D eigenvalue weighted by molar-refractivity contribution is 8.13. The monoisotopic (exact) mass is 482 g/mol. The molecule has 0 saturated carbocycles. The number of nitro benzene ring substituents is 1. The van der Waals surface area contributed by atoms with Crippen molar-refractivity contribution in [3.63, 3.8) is 0 Å². The van der Waals surface area contributed by atoms with Crippen molar-refractivity contribution in [3.8, 4) is 0 Å². The number of hydrogen-bond donors (Lipinski definition) is 3. The van der Waals surface area contributed by atoms with Gasteiger partial charge in [0.05, 0.1) is 11.5 Å². The zero-order chi connectivity index (χ0) is 23.5. The number of nitrogens with zero attached hydrogens (tertiary/aromatic N) is 2. The molecule has 3 N–H and O–H groups in total. The highest BCUT2D eigenvalue weighted by Crippen LogP contribution is 2.39. The number of carboxylic acid groups (broad SMARTS) is 1. The van der Waals surface area contributed by atoms with Gasteiger partial charge in [0.2, 0.25) is 5.91 Å². The average Bonchev–Trinajstić information content (AvgIpc) is 2.77. The molecule has 2 saturated heterocycles. The van der Waals surface area contributed by atoms with Crippen molar-refractivity contribution >= 4 is 52.2 Å². The van der Waals surface area contributed by atoms with Gasteiger partial charge in [0.25, 0.3) is 16.8 Å². The Hall–Kier alpha value is -2.80. The molecule has 11 nitrogen and oxygen atoms in total. The van der Waals surface area contributed by atoms with Crippen LogP contribution in [0, 0.1) is 10.1 Å². The van der Waals surface area contributed by atoms with Gasteiger partial charge in [0.15, 0.2) is 5.54 Å². The van der Waals surface area contributed by atoms with E-state index in [1.807, 2.05) is 6.92 Å². The molecule has 0 aromatic heterocycles. The van der Waals surface area contributed by atoms with Gasteiger partial charge in [-0.15, -0.1) is 11.8 Å². The quantitative estimate of drug-likeness (QED) is 0.217. The van der Waals surface area contributed by atoms with Crippen molar-refractivity contribution in [2.24, 2.45) is 0 Å². The first-order valence-corrected chi connectivity index (χ1v) is 11.9. The van der Waals surface area contributed by atoms with E-state index < -0.39 is 44.9 Å². The van der Waals surface area contributed by atoms with Crippen LogP contribution in [0.1, 0.15) is 30.1 Å². The van der Waals surface area contributed by atoms with Gasteiger partial charge in [0.1, 0.15) is 11.4 Å². The summed E-state index contributed by atoms with van der Waals surface area (Å²) >= 11 is 2.16. The lowest BCUT2D eigenvalue weighted by molar-refractivity contribution is -0.384. The second kappa shape index (κ2) is 9.77. The molecule has 3 amide bonds. The molecule has 0 radical (unpaired) electrons. The average molecular weight is 483 g/mol. The van der Waals surface area contributed by atoms with Crippen molar-refractivity contribution in [2.75, 3.05) is 18.1 Å². The van der Waals surface area contributed by atoms with Crippen LogP contribution in [-0.2, 0) is 9.59 Å². The zero-order valence-corrected chi connectivity index (χ0v) is 18.7. The summed E-state index contributed by atoms with van der Waals surface area (Å²) in [5, 5.41) is 24.8.